The first-order valence-electron chi connectivity index (χ1n) is 6.05. The molecule has 1 aliphatic heterocycles. The van der Waals surface area contributed by atoms with Crippen LogP contribution in [0.1, 0.15) is 12.0 Å². The van der Waals surface area contributed by atoms with Gasteiger partial charge in [0.2, 0.25) is 5.91 Å². The van der Waals surface area contributed by atoms with Gasteiger partial charge in [-0.2, -0.15) is 5.26 Å². The van der Waals surface area contributed by atoms with Crippen LogP contribution in [0.3, 0.4) is 0 Å². The van der Waals surface area contributed by atoms with E-state index in [0.717, 1.165) is 17.1 Å². The number of nitrogens with zero attached hydrogens (tertiary/aromatic N) is 2. The Bertz CT molecular complexity index is 531. The van der Waals surface area contributed by atoms with E-state index >= 15 is 0 Å². The topological polar surface area (TPSA) is 56.1 Å². The fourth-order valence-corrected chi connectivity index (χ4v) is 2.12. The number of halogens is 1. The molecule has 0 bridgehead atoms. The van der Waals surface area contributed by atoms with Crippen molar-refractivity contribution in [3.05, 3.63) is 40.9 Å². The fraction of sp³-hybridized carbons (Fsp3) is 0.286. The number of carbonyl (C=O) groups excluding carboxylic acids is 1. The maximum absolute atomic E-state index is 12.0. The Hall–Kier alpha value is -1.99. The molecule has 0 saturated carbocycles. The lowest BCUT2D eigenvalue weighted by Crippen LogP contribution is -2.38. The number of hydrogen-bond donors (Lipinski definition) is 1. The van der Waals surface area contributed by atoms with E-state index in [0.29, 0.717) is 18.7 Å². The first kappa shape index (κ1) is 13.4. The van der Waals surface area contributed by atoms with Crippen molar-refractivity contribution in [3.8, 4) is 6.07 Å². The number of amides is 1. The number of hydrogen-bond acceptors (Lipinski definition) is 3. The summed E-state index contributed by atoms with van der Waals surface area (Å²) in [5, 5.41) is 12.5. The van der Waals surface area contributed by atoms with Gasteiger partial charge in [0.15, 0.2) is 0 Å². The standard InChI is InChI=1S/C14H14ClN3O/c15-12-2-1-7-18(10-12)14(19)9-17-13-5-3-11(8-16)4-6-13/h2-6,17H,1,7,9-10H2. The van der Waals surface area contributed by atoms with Crippen LogP contribution in [0.5, 0.6) is 0 Å². The van der Waals surface area contributed by atoms with Crippen LogP contribution in [-0.2, 0) is 4.79 Å². The lowest BCUT2D eigenvalue weighted by Gasteiger charge is -2.25. The van der Waals surface area contributed by atoms with Crippen LogP contribution in [0, 0.1) is 11.3 Å². The highest BCUT2D eigenvalue weighted by atomic mass is 35.5. The van der Waals surface area contributed by atoms with Crippen LogP contribution < -0.4 is 5.32 Å². The van der Waals surface area contributed by atoms with Crippen LogP contribution in [0.25, 0.3) is 0 Å². The first-order valence-corrected chi connectivity index (χ1v) is 6.43. The van der Waals surface area contributed by atoms with Crippen LogP contribution >= 0.6 is 11.6 Å². The monoisotopic (exact) mass is 275 g/mol. The lowest BCUT2D eigenvalue weighted by molar-refractivity contribution is -0.129. The van der Waals surface area contributed by atoms with Crippen molar-refractivity contribution in [2.75, 3.05) is 25.0 Å². The molecule has 0 unspecified atom stereocenters. The second-order valence-corrected chi connectivity index (χ2v) is 4.78. The quantitative estimate of drug-likeness (QED) is 0.921. The van der Waals surface area contributed by atoms with Crippen LogP contribution in [0.15, 0.2) is 35.4 Å². The third-order valence-corrected chi connectivity index (χ3v) is 3.19. The van der Waals surface area contributed by atoms with Gasteiger partial charge in [-0.1, -0.05) is 17.7 Å². The second kappa shape index (κ2) is 6.26. The van der Waals surface area contributed by atoms with Gasteiger partial charge in [0.1, 0.15) is 0 Å². The predicted molar refractivity (Wildman–Crippen MR) is 74.8 cm³/mol. The summed E-state index contributed by atoms with van der Waals surface area (Å²) in [6, 6.07) is 9.06. The first-order chi connectivity index (χ1) is 9.19. The Balaban J connectivity index is 1.86. The Morgan fingerprint density at radius 1 is 1.42 bits per heavy atom. The molecule has 1 heterocycles. The summed E-state index contributed by atoms with van der Waals surface area (Å²) in [4.78, 5) is 13.7. The fourth-order valence-electron chi connectivity index (χ4n) is 1.87. The molecule has 0 atom stereocenters. The van der Waals surface area contributed by atoms with Gasteiger partial charge in [-0.15, -0.1) is 0 Å². The summed E-state index contributed by atoms with van der Waals surface area (Å²) in [5.74, 6) is 0.0237. The molecular formula is C14H14ClN3O. The third-order valence-electron chi connectivity index (χ3n) is 2.92. The van der Waals surface area contributed by atoms with E-state index < -0.39 is 0 Å². The van der Waals surface area contributed by atoms with Gasteiger partial charge in [-0.3, -0.25) is 4.79 Å². The molecule has 1 amide bonds. The summed E-state index contributed by atoms with van der Waals surface area (Å²) in [5.41, 5.74) is 1.43. The molecule has 0 saturated heterocycles. The van der Waals surface area contributed by atoms with Crippen molar-refractivity contribution in [1.29, 1.82) is 5.26 Å². The zero-order valence-electron chi connectivity index (χ0n) is 10.4. The van der Waals surface area contributed by atoms with Crippen LogP contribution in [0.4, 0.5) is 5.69 Å². The second-order valence-electron chi connectivity index (χ2n) is 4.30. The van der Waals surface area contributed by atoms with Gasteiger partial charge in [0.25, 0.3) is 0 Å². The summed E-state index contributed by atoms with van der Waals surface area (Å²) in [6.45, 7) is 1.44. The number of carbonyl (C=O) groups is 1. The maximum Gasteiger partial charge on any atom is 0.242 e. The van der Waals surface area contributed by atoms with Gasteiger partial charge in [0, 0.05) is 17.3 Å². The molecule has 19 heavy (non-hydrogen) atoms. The minimum atomic E-state index is 0.0237. The minimum Gasteiger partial charge on any atom is -0.376 e. The van der Waals surface area contributed by atoms with E-state index in [4.69, 9.17) is 16.9 Å². The van der Waals surface area contributed by atoms with Gasteiger partial charge >= 0.3 is 0 Å². The average molecular weight is 276 g/mol. The highest BCUT2D eigenvalue weighted by molar-refractivity contribution is 6.30. The molecule has 5 heteroatoms. The van der Waals surface area contributed by atoms with Crippen molar-refractivity contribution in [2.45, 2.75) is 6.42 Å². The van der Waals surface area contributed by atoms with E-state index in [1.54, 1.807) is 29.2 Å². The molecule has 0 aromatic heterocycles. The zero-order chi connectivity index (χ0) is 13.7. The molecule has 1 N–H and O–H groups in total. The maximum atomic E-state index is 12.0. The van der Waals surface area contributed by atoms with Gasteiger partial charge in [0.05, 0.1) is 24.7 Å². The third kappa shape index (κ3) is 3.73. The Labute approximate surface area is 117 Å². The molecule has 98 valence electrons. The number of benzene rings is 1. The molecule has 0 spiro atoms. The SMILES string of the molecule is N#Cc1ccc(NCC(=O)N2CCC=C(Cl)C2)cc1. The molecule has 0 fully saturated rings. The number of nitriles is 1. The van der Waals surface area contributed by atoms with Crippen LogP contribution in [0.2, 0.25) is 0 Å². The smallest absolute Gasteiger partial charge is 0.242 e. The Morgan fingerprint density at radius 3 is 2.79 bits per heavy atom. The van der Waals surface area contributed by atoms with Crippen molar-refractivity contribution >= 4 is 23.2 Å². The van der Waals surface area contributed by atoms with Crippen molar-refractivity contribution < 1.29 is 4.79 Å². The van der Waals surface area contributed by atoms with E-state index in [2.05, 4.69) is 11.4 Å². The summed E-state index contributed by atoms with van der Waals surface area (Å²) in [6.07, 6.45) is 2.75. The van der Waals surface area contributed by atoms with Crippen molar-refractivity contribution in [1.82, 2.24) is 4.90 Å². The van der Waals surface area contributed by atoms with Crippen molar-refractivity contribution in [2.24, 2.45) is 0 Å². The molecule has 0 aliphatic carbocycles. The molecule has 1 aromatic carbocycles. The summed E-state index contributed by atoms with van der Waals surface area (Å²) in [7, 11) is 0. The largest absolute Gasteiger partial charge is 0.376 e. The molecule has 1 aliphatic rings. The van der Waals surface area contributed by atoms with E-state index in [1.165, 1.54) is 0 Å². The molecule has 2 rings (SSSR count). The highest BCUT2D eigenvalue weighted by Gasteiger charge is 2.16. The summed E-state index contributed by atoms with van der Waals surface area (Å²) >= 11 is 5.92. The zero-order valence-corrected chi connectivity index (χ0v) is 11.2. The lowest BCUT2D eigenvalue weighted by atomic mass is 10.2. The van der Waals surface area contributed by atoms with Crippen LogP contribution in [-0.4, -0.2) is 30.4 Å². The highest BCUT2D eigenvalue weighted by Crippen LogP contribution is 2.13. The molecular weight excluding hydrogens is 262 g/mol. The Kier molecular flexibility index (Phi) is 4.43. The number of nitrogens with one attached hydrogen (secondary N) is 1. The Morgan fingerprint density at radius 2 is 2.16 bits per heavy atom. The summed E-state index contributed by atoms with van der Waals surface area (Å²) < 4.78 is 0. The minimum absolute atomic E-state index is 0.0237. The van der Waals surface area contributed by atoms with E-state index in [1.807, 2.05) is 6.08 Å². The van der Waals surface area contributed by atoms with E-state index in [-0.39, 0.29) is 12.5 Å². The molecule has 4 nitrogen and oxygen atoms in total. The molecule has 0 radical (unpaired) electrons. The van der Waals surface area contributed by atoms with Gasteiger partial charge in [-0.05, 0) is 30.7 Å². The number of rotatable bonds is 3. The van der Waals surface area contributed by atoms with E-state index in [9.17, 15) is 4.79 Å². The van der Waals surface area contributed by atoms with Crippen molar-refractivity contribution in [3.63, 3.8) is 0 Å². The number of anilines is 1. The van der Waals surface area contributed by atoms with Gasteiger partial charge in [-0.25, -0.2) is 0 Å². The van der Waals surface area contributed by atoms with Gasteiger partial charge < -0.3 is 10.2 Å². The molecule has 1 aromatic rings. The predicted octanol–water partition coefficient (Wildman–Crippen LogP) is 2.33. The normalized spacial score (nSPS) is 14.5. The average Bonchev–Trinajstić information content (AvgIpc) is 2.45.